The molecule has 0 aliphatic carbocycles. The summed E-state index contributed by atoms with van der Waals surface area (Å²) < 4.78 is 12.1. The standard InChI is InChI=1S/C16H22N4OSSi/c1-12-17-16(22-19-12)14-6-5-13-7-8-20(15(13)18-14)11-21-9-10-23(2,3)4/h5-8H,9-11H2,1-4H3. The van der Waals surface area contributed by atoms with Crippen LogP contribution >= 0.6 is 11.5 Å². The van der Waals surface area contributed by atoms with Crippen LogP contribution in [0.4, 0.5) is 0 Å². The van der Waals surface area contributed by atoms with Crippen LogP contribution in [-0.4, -0.2) is 33.6 Å². The molecular formula is C16H22N4OSSi. The van der Waals surface area contributed by atoms with E-state index in [4.69, 9.17) is 9.72 Å². The van der Waals surface area contributed by atoms with Gasteiger partial charge in [-0.2, -0.15) is 4.37 Å². The van der Waals surface area contributed by atoms with Crippen molar-refractivity contribution in [1.82, 2.24) is 18.9 Å². The Balaban J connectivity index is 1.76. The van der Waals surface area contributed by atoms with Crippen molar-refractivity contribution in [3.05, 3.63) is 30.2 Å². The molecule has 0 saturated heterocycles. The van der Waals surface area contributed by atoms with Crippen LogP contribution in [0.15, 0.2) is 24.4 Å². The number of hydrogen-bond acceptors (Lipinski definition) is 5. The van der Waals surface area contributed by atoms with Gasteiger partial charge in [0.25, 0.3) is 0 Å². The van der Waals surface area contributed by atoms with Crippen molar-refractivity contribution in [2.75, 3.05) is 6.61 Å². The Labute approximate surface area is 141 Å². The number of hydrogen-bond donors (Lipinski definition) is 0. The van der Waals surface area contributed by atoms with Crippen LogP contribution in [-0.2, 0) is 11.5 Å². The molecule has 5 nitrogen and oxygen atoms in total. The summed E-state index contributed by atoms with van der Waals surface area (Å²) in [5, 5.41) is 1.97. The van der Waals surface area contributed by atoms with Crippen molar-refractivity contribution in [3.8, 4) is 10.7 Å². The largest absolute Gasteiger partial charge is 0.361 e. The first-order chi connectivity index (χ1) is 10.9. The maximum Gasteiger partial charge on any atom is 0.162 e. The smallest absolute Gasteiger partial charge is 0.162 e. The SMILES string of the molecule is Cc1nsc(-c2ccc3ccn(COCC[Si](C)(C)C)c3n2)n1. The van der Waals surface area contributed by atoms with Crippen molar-refractivity contribution in [3.63, 3.8) is 0 Å². The minimum absolute atomic E-state index is 0.541. The zero-order valence-electron chi connectivity index (χ0n) is 14.0. The highest BCUT2D eigenvalue weighted by molar-refractivity contribution is 7.09. The van der Waals surface area contributed by atoms with Crippen molar-refractivity contribution in [1.29, 1.82) is 0 Å². The van der Waals surface area contributed by atoms with Gasteiger partial charge in [-0.1, -0.05) is 19.6 Å². The number of fused-ring (bicyclic) bond motifs is 1. The van der Waals surface area contributed by atoms with E-state index < -0.39 is 8.07 Å². The molecule has 3 aromatic heterocycles. The summed E-state index contributed by atoms with van der Waals surface area (Å²) in [6.07, 6.45) is 2.03. The fraction of sp³-hybridized carbons (Fsp3) is 0.438. The molecule has 0 aliphatic heterocycles. The first-order valence-corrected chi connectivity index (χ1v) is 12.2. The number of rotatable bonds is 6. The van der Waals surface area contributed by atoms with E-state index >= 15 is 0 Å². The predicted molar refractivity (Wildman–Crippen MR) is 97.5 cm³/mol. The number of aromatic nitrogens is 4. The second-order valence-electron chi connectivity index (χ2n) is 6.89. The third-order valence-corrected chi connectivity index (χ3v) is 6.12. The van der Waals surface area contributed by atoms with Gasteiger partial charge < -0.3 is 9.30 Å². The molecular weight excluding hydrogens is 324 g/mol. The lowest BCUT2D eigenvalue weighted by molar-refractivity contribution is 0.0899. The highest BCUT2D eigenvalue weighted by atomic mass is 32.1. The first kappa shape index (κ1) is 16.3. The highest BCUT2D eigenvalue weighted by Crippen LogP contribution is 2.23. The number of aryl methyl sites for hydroxylation is 1. The molecule has 23 heavy (non-hydrogen) atoms. The van der Waals surface area contributed by atoms with Gasteiger partial charge in [0, 0.05) is 26.3 Å². The molecule has 0 aromatic carbocycles. The Bertz CT molecular complexity index is 806. The van der Waals surface area contributed by atoms with Crippen molar-refractivity contribution < 1.29 is 4.74 Å². The van der Waals surface area contributed by atoms with Gasteiger partial charge in [0.05, 0.1) is 0 Å². The van der Waals surface area contributed by atoms with Gasteiger partial charge in [0.15, 0.2) is 5.01 Å². The molecule has 0 aliphatic rings. The lowest BCUT2D eigenvalue weighted by Crippen LogP contribution is -2.22. The summed E-state index contributed by atoms with van der Waals surface area (Å²) in [5.41, 5.74) is 1.80. The zero-order valence-corrected chi connectivity index (χ0v) is 15.9. The molecule has 0 fully saturated rings. The maximum absolute atomic E-state index is 5.84. The van der Waals surface area contributed by atoms with Crippen LogP contribution in [0, 0.1) is 6.92 Å². The Morgan fingerprint density at radius 1 is 1.17 bits per heavy atom. The Morgan fingerprint density at radius 3 is 2.70 bits per heavy atom. The molecule has 0 unspecified atom stereocenters. The second kappa shape index (κ2) is 6.50. The molecule has 3 rings (SSSR count). The minimum Gasteiger partial charge on any atom is -0.361 e. The molecule has 0 N–H and O–H groups in total. The van der Waals surface area contributed by atoms with Crippen molar-refractivity contribution >= 4 is 30.6 Å². The van der Waals surface area contributed by atoms with E-state index in [2.05, 4.69) is 45.7 Å². The Kier molecular flexibility index (Phi) is 4.61. The molecule has 122 valence electrons. The van der Waals surface area contributed by atoms with E-state index in [1.54, 1.807) is 0 Å². The Morgan fingerprint density at radius 2 is 2.00 bits per heavy atom. The van der Waals surface area contributed by atoms with Gasteiger partial charge in [0.2, 0.25) is 0 Å². The maximum atomic E-state index is 5.84. The second-order valence-corrected chi connectivity index (χ2v) is 13.3. The van der Waals surface area contributed by atoms with Crippen LogP contribution in [0.5, 0.6) is 0 Å². The predicted octanol–water partition coefficient (Wildman–Crippen LogP) is 4.18. The van der Waals surface area contributed by atoms with Crippen molar-refractivity contribution in [2.45, 2.75) is 39.3 Å². The monoisotopic (exact) mass is 346 g/mol. The van der Waals surface area contributed by atoms with Crippen LogP contribution in [0.3, 0.4) is 0 Å². The minimum atomic E-state index is -1.05. The average Bonchev–Trinajstić information content (AvgIpc) is 3.08. The van der Waals surface area contributed by atoms with Crippen LogP contribution < -0.4 is 0 Å². The number of pyridine rings is 1. The lowest BCUT2D eigenvalue weighted by atomic mass is 10.3. The van der Waals surface area contributed by atoms with E-state index in [0.717, 1.165) is 34.2 Å². The number of nitrogens with zero attached hydrogens (tertiary/aromatic N) is 4. The summed E-state index contributed by atoms with van der Waals surface area (Å²) in [6, 6.07) is 7.32. The van der Waals surface area contributed by atoms with Gasteiger partial charge >= 0.3 is 0 Å². The highest BCUT2D eigenvalue weighted by Gasteiger charge is 2.13. The molecule has 7 heteroatoms. The van der Waals surface area contributed by atoms with E-state index in [1.165, 1.54) is 17.6 Å². The fourth-order valence-electron chi connectivity index (χ4n) is 2.23. The fourth-order valence-corrected chi connectivity index (χ4v) is 3.62. The first-order valence-electron chi connectivity index (χ1n) is 7.77. The molecule has 0 bridgehead atoms. The van der Waals surface area contributed by atoms with E-state index in [0.29, 0.717) is 6.73 Å². The molecule has 0 radical (unpaired) electrons. The van der Waals surface area contributed by atoms with Gasteiger partial charge in [-0.15, -0.1) is 0 Å². The lowest BCUT2D eigenvalue weighted by Gasteiger charge is -2.15. The third kappa shape index (κ3) is 4.04. The zero-order chi connectivity index (χ0) is 16.4. The summed E-state index contributed by atoms with van der Waals surface area (Å²) in [7, 11) is -1.05. The third-order valence-electron chi connectivity index (χ3n) is 3.58. The molecule has 3 heterocycles. The van der Waals surface area contributed by atoms with E-state index in [9.17, 15) is 0 Å². The molecule has 3 aromatic rings. The van der Waals surface area contributed by atoms with Crippen LogP contribution in [0.25, 0.3) is 21.7 Å². The molecule has 0 atom stereocenters. The Hall–Kier alpha value is -1.57. The average molecular weight is 347 g/mol. The molecule has 0 spiro atoms. The van der Waals surface area contributed by atoms with E-state index in [1.807, 2.05) is 19.2 Å². The van der Waals surface area contributed by atoms with Gasteiger partial charge in [-0.3, -0.25) is 0 Å². The van der Waals surface area contributed by atoms with Crippen LogP contribution in [0.2, 0.25) is 25.7 Å². The topological polar surface area (TPSA) is 52.8 Å². The van der Waals surface area contributed by atoms with Gasteiger partial charge in [-0.25, -0.2) is 9.97 Å². The summed E-state index contributed by atoms with van der Waals surface area (Å²) >= 11 is 1.38. The molecule has 0 saturated carbocycles. The normalized spacial score (nSPS) is 12.2. The van der Waals surface area contributed by atoms with E-state index in [-0.39, 0.29) is 0 Å². The summed E-state index contributed by atoms with van der Waals surface area (Å²) in [5.74, 6) is 0.789. The number of ether oxygens (including phenoxy) is 1. The van der Waals surface area contributed by atoms with Crippen LogP contribution in [0.1, 0.15) is 5.82 Å². The van der Waals surface area contributed by atoms with Gasteiger partial charge in [0.1, 0.15) is 23.9 Å². The van der Waals surface area contributed by atoms with Crippen molar-refractivity contribution in [2.24, 2.45) is 0 Å². The summed E-state index contributed by atoms with van der Waals surface area (Å²) in [6.45, 7) is 10.3. The van der Waals surface area contributed by atoms with Gasteiger partial charge in [-0.05, 0) is 42.7 Å². The summed E-state index contributed by atoms with van der Waals surface area (Å²) in [4.78, 5) is 9.16. The molecule has 0 amide bonds. The quantitative estimate of drug-likeness (QED) is 0.496.